The summed E-state index contributed by atoms with van der Waals surface area (Å²) in [4.78, 5) is 14.5. The van der Waals surface area contributed by atoms with E-state index in [0.29, 0.717) is 10.9 Å². The molecule has 0 saturated heterocycles. The van der Waals surface area contributed by atoms with Gasteiger partial charge in [-0.25, -0.2) is 0 Å². The molecule has 2 N–H and O–H groups in total. The second kappa shape index (κ2) is 5.45. The molecule has 0 unspecified atom stereocenters. The molecule has 3 rings (SSSR count). The highest BCUT2D eigenvalue weighted by Gasteiger charge is 2.15. The van der Waals surface area contributed by atoms with Crippen molar-refractivity contribution >= 4 is 54.4 Å². The van der Waals surface area contributed by atoms with Crippen LogP contribution in [0.3, 0.4) is 0 Å². The van der Waals surface area contributed by atoms with Crippen LogP contribution in [0.1, 0.15) is 10.6 Å². The van der Waals surface area contributed by atoms with Crippen molar-refractivity contribution in [1.82, 2.24) is 4.98 Å². The van der Waals surface area contributed by atoms with Crippen LogP contribution in [0.15, 0.2) is 54.1 Å². The van der Waals surface area contributed by atoms with Gasteiger partial charge < -0.3 is 14.5 Å². The predicted octanol–water partition coefficient (Wildman–Crippen LogP) is 4.92. The fourth-order valence-corrected chi connectivity index (χ4v) is 3.16. The highest BCUT2D eigenvalue weighted by atomic mass is 79.9. The third kappa shape index (κ3) is 2.64. The van der Waals surface area contributed by atoms with Gasteiger partial charge in [0.15, 0.2) is 11.4 Å². The summed E-state index contributed by atoms with van der Waals surface area (Å²) in [7, 11) is 0. The molecular weight excluding hydrogens is 406 g/mol. The van der Waals surface area contributed by atoms with Gasteiger partial charge in [0.1, 0.15) is 0 Å². The number of halogens is 2. The number of aromatic nitrogens is 1. The highest BCUT2D eigenvalue weighted by molar-refractivity contribution is 9.11. The first-order valence-corrected chi connectivity index (χ1v) is 7.34. The summed E-state index contributed by atoms with van der Waals surface area (Å²) in [5.41, 5.74) is 0.849. The van der Waals surface area contributed by atoms with E-state index in [2.05, 4.69) is 47.1 Å². The number of rotatable bonds is 2. The number of hydrogen-bond acceptors (Lipinski definition) is 4. The van der Waals surface area contributed by atoms with Crippen LogP contribution >= 0.6 is 31.9 Å². The van der Waals surface area contributed by atoms with E-state index >= 15 is 0 Å². The molecule has 0 radical (unpaired) electrons. The van der Waals surface area contributed by atoms with Gasteiger partial charge in [0, 0.05) is 14.3 Å². The summed E-state index contributed by atoms with van der Waals surface area (Å²) in [5.74, 6) is -0.706. The van der Waals surface area contributed by atoms with Crippen LogP contribution in [0.25, 0.3) is 10.9 Å². The monoisotopic (exact) mass is 411 g/mol. The minimum atomic E-state index is -0.622. The minimum Gasteiger partial charge on any atom is -0.493 e. The van der Waals surface area contributed by atoms with E-state index in [4.69, 9.17) is 4.42 Å². The van der Waals surface area contributed by atoms with E-state index in [1.54, 1.807) is 12.1 Å². The van der Waals surface area contributed by atoms with E-state index in [9.17, 15) is 9.90 Å². The van der Waals surface area contributed by atoms with Gasteiger partial charge in [0.2, 0.25) is 5.88 Å². The quantitative estimate of drug-likeness (QED) is 0.585. The van der Waals surface area contributed by atoms with Gasteiger partial charge in [0.25, 0.3) is 0 Å². The maximum Gasteiger partial charge on any atom is 0.331 e. The van der Waals surface area contributed by atoms with Crippen molar-refractivity contribution in [3.63, 3.8) is 0 Å². The van der Waals surface area contributed by atoms with Crippen molar-refractivity contribution < 1.29 is 14.3 Å². The molecule has 0 fully saturated rings. The molecule has 0 bridgehead atoms. The molecule has 2 aromatic heterocycles. The number of nitrogens with one attached hydrogen (secondary N) is 1. The molecule has 8 heteroatoms. The van der Waals surface area contributed by atoms with Crippen molar-refractivity contribution in [3.8, 4) is 5.88 Å². The Labute approximate surface area is 135 Å². The highest BCUT2D eigenvalue weighted by Crippen LogP contribution is 2.40. The third-order valence-electron chi connectivity index (χ3n) is 2.75. The molecule has 0 atom stereocenters. The number of nitrogens with zero attached hydrogens (tertiary/aromatic N) is 2. The number of H-pyrrole nitrogens is 1. The molecule has 1 aromatic carbocycles. The predicted molar refractivity (Wildman–Crippen MR) is 82.9 cm³/mol. The number of carbonyl (C=O) groups excluding carboxylic acids is 1. The van der Waals surface area contributed by atoms with E-state index in [-0.39, 0.29) is 17.3 Å². The molecular formula is C13H7Br2N3O3. The third-order valence-corrected chi connectivity index (χ3v) is 3.83. The summed E-state index contributed by atoms with van der Waals surface area (Å²) in [6, 6.07) is 6.67. The van der Waals surface area contributed by atoms with Gasteiger partial charge in [-0.15, -0.1) is 10.2 Å². The lowest BCUT2D eigenvalue weighted by molar-refractivity contribution is 0.0968. The molecule has 2 heterocycles. The molecule has 3 aromatic rings. The molecule has 106 valence electrons. The Hall–Kier alpha value is -1.93. The number of carbonyl (C=O) groups is 1. The second-order valence-corrected chi connectivity index (χ2v) is 5.88. The Morgan fingerprint density at radius 1 is 1.33 bits per heavy atom. The van der Waals surface area contributed by atoms with Gasteiger partial charge in [-0.1, -0.05) is 15.9 Å². The van der Waals surface area contributed by atoms with Crippen molar-refractivity contribution in [1.29, 1.82) is 0 Å². The summed E-state index contributed by atoms with van der Waals surface area (Å²) in [6.07, 6.45) is 1.38. The van der Waals surface area contributed by atoms with Crippen LogP contribution in [0.4, 0.5) is 5.69 Å². The molecule has 6 nitrogen and oxygen atoms in total. The Kier molecular flexibility index (Phi) is 3.64. The number of furan rings is 1. The maximum absolute atomic E-state index is 11.7. The number of fused-ring (bicyclic) bond motifs is 1. The normalized spacial score (nSPS) is 11.5. The Morgan fingerprint density at radius 2 is 2.14 bits per heavy atom. The Bertz CT molecular complexity index is 853. The van der Waals surface area contributed by atoms with Crippen LogP contribution < -0.4 is 0 Å². The number of benzene rings is 1. The lowest BCUT2D eigenvalue weighted by atomic mass is 10.2. The number of azo groups is 1. The second-order valence-electron chi connectivity index (χ2n) is 4.11. The zero-order valence-corrected chi connectivity index (χ0v) is 13.5. The molecule has 0 saturated carbocycles. The van der Waals surface area contributed by atoms with Gasteiger partial charge in [-0.3, -0.25) is 4.79 Å². The topological polar surface area (TPSA) is 91.0 Å². The minimum absolute atomic E-state index is 0.0837. The van der Waals surface area contributed by atoms with E-state index in [1.165, 1.54) is 12.3 Å². The number of aromatic hydroxyl groups is 1. The average Bonchev–Trinajstić information content (AvgIpc) is 3.05. The first kappa shape index (κ1) is 14.0. The molecule has 0 aliphatic carbocycles. The average molecular weight is 413 g/mol. The summed E-state index contributed by atoms with van der Waals surface area (Å²) in [6.45, 7) is 0. The van der Waals surface area contributed by atoms with Gasteiger partial charge in [-0.2, -0.15) is 0 Å². The SMILES string of the molecule is O=C(N=Nc1c(O)[nH]c2c(Br)cc(Br)cc12)c1ccco1. The Morgan fingerprint density at radius 3 is 2.86 bits per heavy atom. The fraction of sp³-hybridized carbons (Fsp3) is 0. The van der Waals surface area contributed by atoms with E-state index in [1.807, 2.05) is 6.07 Å². The summed E-state index contributed by atoms with van der Waals surface area (Å²) >= 11 is 6.74. The van der Waals surface area contributed by atoms with Crippen molar-refractivity contribution in [2.45, 2.75) is 0 Å². The van der Waals surface area contributed by atoms with Crippen LogP contribution in [-0.4, -0.2) is 16.0 Å². The fourth-order valence-electron chi connectivity index (χ4n) is 1.84. The van der Waals surface area contributed by atoms with Crippen LogP contribution in [-0.2, 0) is 0 Å². The Balaban J connectivity index is 2.05. The van der Waals surface area contributed by atoms with Crippen molar-refractivity contribution in [2.24, 2.45) is 10.2 Å². The standard InChI is InChI=1S/C13H7Br2N3O3/c14-6-4-7-10(8(15)5-6)16-13(20)11(7)17-18-12(19)9-2-1-3-21-9/h1-5,16,20H. The molecule has 0 spiro atoms. The van der Waals surface area contributed by atoms with Crippen molar-refractivity contribution in [2.75, 3.05) is 0 Å². The van der Waals surface area contributed by atoms with Gasteiger partial charge in [-0.05, 0) is 40.2 Å². The zero-order valence-electron chi connectivity index (χ0n) is 10.3. The first-order chi connectivity index (χ1) is 10.1. The van der Waals surface area contributed by atoms with E-state index in [0.717, 1.165) is 8.95 Å². The lowest BCUT2D eigenvalue weighted by Gasteiger charge is -1.96. The molecule has 1 amide bonds. The van der Waals surface area contributed by atoms with Crippen molar-refractivity contribution in [3.05, 3.63) is 45.2 Å². The van der Waals surface area contributed by atoms with E-state index < -0.39 is 5.91 Å². The van der Waals surface area contributed by atoms with Crippen LogP contribution in [0, 0.1) is 0 Å². The number of aromatic amines is 1. The summed E-state index contributed by atoms with van der Waals surface area (Å²) in [5, 5.41) is 17.9. The molecule has 21 heavy (non-hydrogen) atoms. The zero-order chi connectivity index (χ0) is 15.0. The van der Waals surface area contributed by atoms with Gasteiger partial charge in [0.05, 0.1) is 11.8 Å². The van der Waals surface area contributed by atoms with Gasteiger partial charge >= 0.3 is 5.91 Å². The number of amides is 1. The van der Waals surface area contributed by atoms with Crippen LogP contribution in [0.2, 0.25) is 0 Å². The van der Waals surface area contributed by atoms with Crippen LogP contribution in [0.5, 0.6) is 5.88 Å². The lowest BCUT2D eigenvalue weighted by Crippen LogP contribution is -1.89. The maximum atomic E-state index is 11.7. The summed E-state index contributed by atoms with van der Waals surface area (Å²) < 4.78 is 6.48. The molecule has 0 aliphatic heterocycles. The number of hydrogen-bond donors (Lipinski definition) is 2. The molecule has 0 aliphatic rings. The smallest absolute Gasteiger partial charge is 0.331 e. The largest absolute Gasteiger partial charge is 0.493 e. The first-order valence-electron chi connectivity index (χ1n) is 5.75.